The van der Waals surface area contributed by atoms with Crippen molar-refractivity contribution in [2.24, 2.45) is 0 Å². The van der Waals surface area contributed by atoms with Crippen LogP contribution in [0.3, 0.4) is 0 Å². The molecule has 0 spiro atoms. The summed E-state index contributed by atoms with van der Waals surface area (Å²) >= 11 is 0. The minimum absolute atomic E-state index is 0.320. The minimum Gasteiger partial charge on any atom is -0.497 e. The van der Waals surface area contributed by atoms with Crippen molar-refractivity contribution in [2.45, 2.75) is 26.4 Å². The second-order valence-electron chi connectivity index (χ2n) is 5.12. The van der Waals surface area contributed by atoms with Gasteiger partial charge in [0.05, 0.1) is 12.7 Å². The quantitative estimate of drug-likeness (QED) is 0.829. The van der Waals surface area contributed by atoms with Crippen molar-refractivity contribution in [3.63, 3.8) is 0 Å². The van der Waals surface area contributed by atoms with Gasteiger partial charge in [-0.15, -0.1) is 0 Å². The summed E-state index contributed by atoms with van der Waals surface area (Å²) in [6.07, 6.45) is 1.66. The second kappa shape index (κ2) is 4.37. The van der Waals surface area contributed by atoms with Crippen LogP contribution in [0.25, 0.3) is 10.9 Å². The lowest BCUT2D eigenvalue weighted by molar-refractivity contribution is 0.00719. The van der Waals surface area contributed by atoms with E-state index in [1.54, 1.807) is 13.3 Å². The standard InChI is InChI=1S/C14H17NO3/c1-14(2,3)18-13(16)11-8-15-12-7-9(17-4)5-6-10(11)12/h5-8,15H,1-4H3. The number of fused-ring (bicyclic) bond motifs is 1. The maximum atomic E-state index is 12.0. The van der Waals surface area contributed by atoms with E-state index in [0.29, 0.717) is 5.56 Å². The molecule has 0 saturated heterocycles. The molecular formula is C14H17NO3. The fourth-order valence-corrected chi connectivity index (χ4v) is 1.73. The van der Waals surface area contributed by atoms with E-state index in [2.05, 4.69) is 4.98 Å². The van der Waals surface area contributed by atoms with Crippen LogP contribution in [-0.4, -0.2) is 23.7 Å². The monoisotopic (exact) mass is 247 g/mol. The molecule has 0 saturated carbocycles. The summed E-state index contributed by atoms with van der Waals surface area (Å²) in [6, 6.07) is 5.52. The van der Waals surface area contributed by atoms with Crippen molar-refractivity contribution in [1.82, 2.24) is 4.98 Å². The third-order valence-corrected chi connectivity index (χ3v) is 2.51. The molecular weight excluding hydrogens is 230 g/mol. The molecule has 18 heavy (non-hydrogen) atoms. The Labute approximate surface area is 106 Å². The number of aromatic nitrogens is 1. The number of hydrogen-bond acceptors (Lipinski definition) is 3. The number of ether oxygens (including phenoxy) is 2. The van der Waals surface area contributed by atoms with Gasteiger partial charge in [0.15, 0.2) is 0 Å². The Morgan fingerprint density at radius 2 is 2.00 bits per heavy atom. The molecule has 2 aromatic rings. The molecule has 0 bridgehead atoms. The summed E-state index contributed by atoms with van der Waals surface area (Å²) in [6.45, 7) is 5.55. The summed E-state index contributed by atoms with van der Waals surface area (Å²) in [5, 5.41) is 0.838. The molecule has 1 aromatic carbocycles. The van der Waals surface area contributed by atoms with Gasteiger partial charge in [-0.25, -0.2) is 4.79 Å². The zero-order valence-corrected chi connectivity index (χ0v) is 11.0. The van der Waals surface area contributed by atoms with Crippen LogP contribution in [-0.2, 0) is 4.74 Å². The molecule has 96 valence electrons. The van der Waals surface area contributed by atoms with Crippen LogP contribution in [0.1, 0.15) is 31.1 Å². The highest BCUT2D eigenvalue weighted by Gasteiger charge is 2.20. The third-order valence-electron chi connectivity index (χ3n) is 2.51. The lowest BCUT2D eigenvalue weighted by Gasteiger charge is -2.19. The largest absolute Gasteiger partial charge is 0.497 e. The smallest absolute Gasteiger partial charge is 0.340 e. The highest BCUT2D eigenvalue weighted by Crippen LogP contribution is 2.24. The Kier molecular flexibility index (Phi) is 3.03. The number of aromatic amines is 1. The maximum absolute atomic E-state index is 12.0. The third kappa shape index (κ3) is 2.47. The Hall–Kier alpha value is -1.97. The fourth-order valence-electron chi connectivity index (χ4n) is 1.73. The fraction of sp³-hybridized carbons (Fsp3) is 0.357. The van der Waals surface area contributed by atoms with Crippen molar-refractivity contribution in [3.05, 3.63) is 30.0 Å². The summed E-state index contributed by atoms with van der Waals surface area (Å²) in [7, 11) is 1.61. The van der Waals surface area contributed by atoms with E-state index in [0.717, 1.165) is 16.7 Å². The zero-order chi connectivity index (χ0) is 13.3. The number of nitrogens with one attached hydrogen (secondary N) is 1. The van der Waals surface area contributed by atoms with Crippen LogP contribution in [0, 0.1) is 0 Å². The van der Waals surface area contributed by atoms with Crippen LogP contribution in [0.2, 0.25) is 0 Å². The highest BCUT2D eigenvalue weighted by atomic mass is 16.6. The normalized spacial score (nSPS) is 11.6. The van der Waals surface area contributed by atoms with Gasteiger partial charge in [0, 0.05) is 23.2 Å². The van der Waals surface area contributed by atoms with Crippen LogP contribution >= 0.6 is 0 Å². The van der Waals surface area contributed by atoms with Gasteiger partial charge >= 0.3 is 5.97 Å². The predicted molar refractivity (Wildman–Crippen MR) is 70.0 cm³/mol. The molecule has 1 aromatic heterocycles. The van der Waals surface area contributed by atoms with Crippen LogP contribution in [0.15, 0.2) is 24.4 Å². The average molecular weight is 247 g/mol. The number of hydrogen-bond donors (Lipinski definition) is 1. The minimum atomic E-state index is -0.493. The van der Waals surface area contributed by atoms with Crippen molar-refractivity contribution in [1.29, 1.82) is 0 Å². The lowest BCUT2D eigenvalue weighted by Crippen LogP contribution is -2.23. The van der Waals surface area contributed by atoms with E-state index in [9.17, 15) is 4.79 Å². The number of carbonyl (C=O) groups excluding carboxylic acids is 1. The molecule has 2 rings (SSSR count). The first-order valence-corrected chi connectivity index (χ1v) is 5.79. The van der Waals surface area contributed by atoms with Gasteiger partial charge in [-0.3, -0.25) is 0 Å². The van der Waals surface area contributed by atoms with Gasteiger partial charge in [-0.05, 0) is 32.9 Å². The van der Waals surface area contributed by atoms with E-state index >= 15 is 0 Å². The number of benzene rings is 1. The first kappa shape index (κ1) is 12.5. The number of rotatable bonds is 2. The number of methoxy groups -OCH3 is 1. The van der Waals surface area contributed by atoms with Gasteiger partial charge in [0.2, 0.25) is 0 Å². The second-order valence-corrected chi connectivity index (χ2v) is 5.12. The molecule has 1 heterocycles. The van der Waals surface area contributed by atoms with Crippen molar-refractivity contribution in [2.75, 3.05) is 7.11 Å². The van der Waals surface area contributed by atoms with Gasteiger partial charge in [0.1, 0.15) is 11.4 Å². The molecule has 4 heteroatoms. The van der Waals surface area contributed by atoms with Gasteiger partial charge in [-0.1, -0.05) is 0 Å². The molecule has 0 aliphatic heterocycles. The lowest BCUT2D eigenvalue weighted by atomic mass is 10.1. The van der Waals surface area contributed by atoms with E-state index in [1.165, 1.54) is 0 Å². The number of H-pyrrole nitrogens is 1. The zero-order valence-electron chi connectivity index (χ0n) is 11.0. The molecule has 0 unspecified atom stereocenters. The van der Waals surface area contributed by atoms with Crippen LogP contribution in [0.4, 0.5) is 0 Å². The maximum Gasteiger partial charge on any atom is 0.340 e. The van der Waals surface area contributed by atoms with E-state index in [4.69, 9.17) is 9.47 Å². The summed E-state index contributed by atoms with van der Waals surface area (Å²) < 4.78 is 10.5. The van der Waals surface area contributed by atoms with Gasteiger partial charge in [0.25, 0.3) is 0 Å². The molecule has 0 aliphatic carbocycles. The Bertz CT molecular complexity index is 578. The molecule has 0 aliphatic rings. The Morgan fingerprint density at radius 1 is 1.28 bits per heavy atom. The average Bonchev–Trinajstić information content (AvgIpc) is 2.69. The molecule has 0 amide bonds. The van der Waals surface area contributed by atoms with E-state index in [1.807, 2.05) is 39.0 Å². The first-order chi connectivity index (χ1) is 8.40. The predicted octanol–water partition coefficient (Wildman–Crippen LogP) is 3.13. The number of esters is 1. The van der Waals surface area contributed by atoms with Gasteiger partial charge in [-0.2, -0.15) is 0 Å². The summed E-state index contributed by atoms with van der Waals surface area (Å²) in [5.41, 5.74) is 0.908. The van der Waals surface area contributed by atoms with Crippen molar-refractivity contribution < 1.29 is 14.3 Å². The molecule has 0 fully saturated rings. The van der Waals surface area contributed by atoms with Crippen LogP contribution < -0.4 is 4.74 Å². The van der Waals surface area contributed by atoms with E-state index < -0.39 is 5.60 Å². The van der Waals surface area contributed by atoms with Crippen molar-refractivity contribution >= 4 is 16.9 Å². The van der Waals surface area contributed by atoms with Gasteiger partial charge < -0.3 is 14.5 Å². The molecule has 1 N–H and O–H groups in total. The topological polar surface area (TPSA) is 51.3 Å². The Morgan fingerprint density at radius 3 is 2.61 bits per heavy atom. The van der Waals surface area contributed by atoms with Crippen molar-refractivity contribution in [3.8, 4) is 5.75 Å². The molecule has 0 atom stereocenters. The summed E-state index contributed by atoms with van der Waals surface area (Å²) in [5.74, 6) is 0.430. The Balaban J connectivity index is 2.38. The SMILES string of the molecule is COc1ccc2c(C(=O)OC(C)(C)C)c[nH]c2c1. The van der Waals surface area contributed by atoms with Crippen LogP contribution in [0.5, 0.6) is 5.75 Å². The number of carbonyl (C=O) groups is 1. The summed E-state index contributed by atoms with van der Waals surface area (Å²) in [4.78, 5) is 15.1. The molecule has 4 nitrogen and oxygen atoms in total. The first-order valence-electron chi connectivity index (χ1n) is 5.79. The van der Waals surface area contributed by atoms with E-state index in [-0.39, 0.29) is 5.97 Å². The molecule has 0 radical (unpaired) electrons. The highest BCUT2D eigenvalue weighted by molar-refractivity contribution is 6.04.